The third kappa shape index (κ3) is 1.83. The summed E-state index contributed by atoms with van der Waals surface area (Å²) in [6.45, 7) is 0.760. The first kappa shape index (κ1) is 11.9. The quantitative estimate of drug-likeness (QED) is 0.784. The summed E-state index contributed by atoms with van der Waals surface area (Å²) in [4.78, 5) is 0. The molecule has 0 aromatic carbocycles. The number of rotatable bonds is 4. The Balaban J connectivity index is 1.86. The summed E-state index contributed by atoms with van der Waals surface area (Å²) in [5.74, 6) is 1.99. The molecule has 4 fully saturated rings. The average molecular weight is 258 g/mol. The summed E-state index contributed by atoms with van der Waals surface area (Å²) in [6.07, 6.45) is 6.47. The summed E-state index contributed by atoms with van der Waals surface area (Å²) in [6, 6.07) is 0. The molecule has 0 spiro atoms. The van der Waals surface area contributed by atoms with Crippen LogP contribution in [0.15, 0.2) is 0 Å². The van der Waals surface area contributed by atoms with Gasteiger partial charge < -0.3 is 5.73 Å². The van der Waals surface area contributed by atoms with Crippen LogP contribution >= 0.6 is 0 Å². The number of hydrogen-bond donors (Lipinski definition) is 2. The second-order valence-corrected chi connectivity index (χ2v) is 8.45. The van der Waals surface area contributed by atoms with E-state index >= 15 is 0 Å². The van der Waals surface area contributed by atoms with E-state index in [2.05, 4.69) is 4.72 Å². The fourth-order valence-electron chi connectivity index (χ4n) is 4.71. The molecule has 0 unspecified atom stereocenters. The summed E-state index contributed by atoms with van der Waals surface area (Å²) in [5, 5.41) is 0. The highest BCUT2D eigenvalue weighted by molar-refractivity contribution is 7.90. The molecule has 4 bridgehead atoms. The lowest BCUT2D eigenvalue weighted by molar-refractivity contribution is 0.0334. The molecule has 0 radical (unpaired) electrons. The van der Waals surface area contributed by atoms with Crippen molar-refractivity contribution in [2.24, 2.45) is 23.5 Å². The Hall–Kier alpha value is -0.130. The third-order valence-electron chi connectivity index (χ3n) is 4.99. The lowest BCUT2D eigenvalue weighted by Gasteiger charge is -2.55. The van der Waals surface area contributed by atoms with Crippen LogP contribution in [0.1, 0.15) is 38.5 Å². The van der Waals surface area contributed by atoms with Gasteiger partial charge in [-0.1, -0.05) is 0 Å². The van der Waals surface area contributed by atoms with Crippen molar-refractivity contribution in [1.82, 2.24) is 4.72 Å². The molecule has 0 aliphatic heterocycles. The lowest BCUT2D eigenvalue weighted by atomic mass is 9.56. The van der Waals surface area contributed by atoms with E-state index in [1.807, 2.05) is 0 Å². The van der Waals surface area contributed by atoms with Crippen LogP contribution in [0.25, 0.3) is 0 Å². The van der Waals surface area contributed by atoms with E-state index in [4.69, 9.17) is 5.73 Å². The molecule has 0 aromatic heterocycles. The van der Waals surface area contributed by atoms with Gasteiger partial charge in [-0.05, 0) is 56.3 Å². The predicted octanol–water partition coefficient (Wildman–Crippen LogP) is 0.833. The Labute approximate surface area is 103 Å². The van der Waals surface area contributed by atoms with Crippen LogP contribution in [0.2, 0.25) is 0 Å². The number of nitrogens with one attached hydrogen (secondary N) is 1. The van der Waals surface area contributed by atoms with Crippen LogP contribution in [0.3, 0.4) is 0 Å². The zero-order valence-corrected chi connectivity index (χ0v) is 11.0. The van der Waals surface area contributed by atoms with Crippen LogP contribution in [-0.2, 0) is 10.0 Å². The van der Waals surface area contributed by atoms with Crippen LogP contribution in [-0.4, -0.2) is 26.3 Å². The zero-order chi connectivity index (χ0) is 12.1. The molecule has 0 amide bonds. The van der Waals surface area contributed by atoms with E-state index < -0.39 is 14.8 Å². The van der Waals surface area contributed by atoms with Crippen molar-refractivity contribution < 1.29 is 8.42 Å². The molecule has 5 heteroatoms. The van der Waals surface area contributed by atoms with Gasteiger partial charge in [-0.15, -0.1) is 0 Å². The van der Waals surface area contributed by atoms with Crippen LogP contribution in [0.4, 0.5) is 0 Å². The Bertz CT molecular complexity index is 369. The molecular formula is C12H22N2O2S. The molecule has 0 atom stereocenters. The van der Waals surface area contributed by atoms with E-state index in [0.717, 1.165) is 19.3 Å². The Kier molecular flexibility index (Phi) is 2.76. The summed E-state index contributed by atoms with van der Waals surface area (Å²) >= 11 is 0. The van der Waals surface area contributed by atoms with Crippen LogP contribution < -0.4 is 10.5 Å². The minimum Gasteiger partial charge on any atom is -0.329 e. The standard InChI is InChI=1S/C12H22N2O2S/c13-1-2-14-17(15,16)12-6-9-3-10(7-12)5-11(4-9)8-12/h9-11,14H,1-8,13H2. The van der Waals surface area contributed by atoms with E-state index in [1.54, 1.807) is 0 Å². The largest absolute Gasteiger partial charge is 0.329 e. The van der Waals surface area contributed by atoms with Crippen LogP contribution in [0.5, 0.6) is 0 Å². The Morgan fingerprint density at radius 3 is 1.94 bits per heavy atom. The van der Waals surface area contributed by atoms with E-state index in [-0.39, 0.29) is 0 Å². The SMILES string of the molecule is NCCNS(=O)(=O)C12CC3CC(CC(C3)C1)C2. The second kappa shape index (κ2) is 3.93. The molecule has 4 rings (SSSR count). The minimum absolute atomic E-state index is 0.379. The fourth-order valence-corrected chi connectivity index (χ4v) is 6.76. The number of sulfonamides is 1. The maximum Gasteiger partial charge on any atom is 0.217 e. The second-order valence-electron chi connectivity index (χ2n) is 6.29. The highest BCUT2D eigenvalue weighted by atomic mass is 32.2. The van der Waals surface area contributed by atoms with Crippen molar-refractivity contribution >= 4 is 10.0 Å². The maximum absolute atomic E-state index is 12.5. The van der Waals surface area contributed by atoms with Crippen molar-refractivity contribution in [1.29, 1.82) is 0 Å². The molecular weight excluding hydrogens is 236 g/mol. The zero-order valence-electron chi connectivity index (χ0n) is 10.2. The van der Waals surface area contributed by atoms with E-state index in [9.17, 15) is 8.42 Å². The van der Waals surface area contributed by atoms with Gasteiger partial charge in [0.15, 0.2) is 0 Å². The van der Waals surface area contributed by atoms with Crippen molar-refractivity contribution in [3.8, 4) is 0 Å². The van der Waals surface area contributed by atoms with Gasteiger partial charge in [0.05, 0.1) is 4.75 Å². The summed E-state index contributed by atoms with van der Waals surface area (Å²) in [7, 11) is -3.17. The molecule has 3 N–H and O–H groups in total. The molecule has 4 nitrogen and oxygen atoms in total. The van der Waals surface area contributed by atoms with Gasteiger partial charge in [-0.3, -0.25) is 0 Å². The van der Waals surface area contributed by atoms with Crippen LogP contribution in [0, 0.1) is 17.8 Å². The summed E-state index contributed by atoms with van der Waals surface area (Å²) < 4.78 is 27.2. The molecule has 17 heavy (non-hydrogen) atoms. The highest BCUT2D eigenvalue weighted by Gasteiger charge is 2.57. The smallest absolute Gasteiger partial charge is 0.217 e. The van der Waals surface area contributed by atoms with Gasteiger partial charge in [0, 0.05) is 13.1 Å². The fraction of sp³-hybridized carbons (Fsp3) is 1.00. The van der Waals surface area contributed by atoms with Gasteiger partial charge >= 0.3 is 0 Å². The van der Waals surface area contributed by atoms with Gasteiger partial charge in [0.2, 0.25) is 10.0 Å². The third-order valence-corrected chi connectivity index (χ3v) is 7.21. The molecule has 4 aliphatic rings. The first-order chi connectivity index (χ1) is 8.05. The minimum atomic E-state index is -3.17. The predicted molar refractivity (Wildman–Crippen MR) is 66.9 cm³/mol. The molecule has 0 aromatic rings. The summed E-state index contributed by atoms with van der Waals surface area (Å²) in [5.41, 5.74) is 5.40. The normalized spacial score (nSPS) is 44.2. The number of hydrogen-bond acceptors (Lipinski definition) is 3. The van der Waals surface area contributed by atoms with Crippen molar-refractivity contribution in [2.45, 2.75) is 43.3 Å². The highest BCUT2D eigenvalue weighted by Crippen LogP contribution is 2.58. The van der Waals surface area contributed by atoms with Gasteiger partial charge in [-0.2, -0.15) is 0 Å². The molecule has 98 valence electrons. The van der Waals surface area contributed by atoms with Gasteiger partial charge in [0.25, 0.3) is 0 Å². The average Bonchev–Trinajstić information content (AvgIpc) is 2.24. The lowest BCUT2D eigenvalue weighted by Crippen LogP contribution is -2.58. The molecule has 4 aliphatic carbocycles. The topological polar surface area (TPSA) is 72.2 Å². The van der Waals surface area contributed by atoms with Crippen molar-refractivity contribution in [3.63, 3.8) is 0 Å². The monoisotopic (exact) mass is 258 g/mol. The van der Waals surface area contributed by atoms with Crippen molar-refractivity contribution in [2.75, 3.05) is 13.1 Å². The first-order valence-electron chi connectivity index (χ1n) is 6.74. The first-order valence-corrected chi connectivity index (χ1v) is 8.22. The van der Waals surface area contributed by atoms with Gasteiger partial charge in [-0.25, -0.2) is 13.1 Å². The van der Waals surface area contributed by atoms with E-state index in [0.29, 0.717) is 30.8 Å². The molecule has 4 saturated carbocycles. The van der Waals surface area contributed by atoms with Crippen molar-refractivity contribution in [3.05, 3.63) is 0 Å². The van der Waals surface area contributed by atoms with E-state index in [1.165, 1.54) is 19.3 Å². The maximum atomic E-state index is 12.5. The van der Waals surface area contributed by atoms with Gasteiger partial charge in [0.1, 0.15) is 0 Å². The molecule has 0 heterocycles. The Morgan fingerprint density at radius 2 is 1.53 bits per heavy atom. The molecule has 0 saturated heterocycles. The Morgan fingerprint density at radius 1 is 1.06 bits per heavy atom. The number of nitrogens with two attached hydrogens (primary N) is 1.